The number of hydrogen-bond acceptors (Lipinski definition) is 11. The highest BCUT2D eigenvalue weighted by Crippen LogP contribution is 2.48. The van der Waals surface area contributed by atoms with Gasteiger partial charge in [-0.05, 0) is 77.2 Å². The van der Waals surface area contributed by atoms with Crippen LogP contribution in [0.4, 0.5) is 14.9 Å². The lowest BCUT2D eigenvalue weighted by atomic mass is 9.88. The number of halogens is 1. The maximum absolute atomic E-state index is 14.9. The second-order valence-electron chi connectivity index (χ2n) is 18.0. The quantitative estimate of drug-likeness (QED) is 0.325. The van der Waals surface area contributed by atoms with Crippen molar-refractivity contribution in [1.82, 2.24) is 25.2 Å². The van der Waals surface area contributed by atoms with Crippen LogP contribution in [0, 0.1) is 17.8 Å². The molecule has 1 aromatic heterocycles. The topological polar surface area (TPSA) is 186 Å². The van der Waals surface area contributed by atoms with E-state index in [1.807, 2.05) is 43.3 Å². The summed E-state index contributed by atoms with van der Waals surface area (Å²) in [6.45, 7) is 10.5. The summed E-state index contributed by atoms with van der Waals surface area (Å²) in [6.07, 6.45) is 6.19. The maximum atomic E-state index is 14.9. The molecular weight excluding hydrogens is 784 g/mol. The Hall–Kier alpha value is -4.51. The number of fused-ring (bicyclic) bond motifs is 3. The highest BCUT2D eigenvalue weighted by atomic mass is 32.2. The molecule has 0 spiro atoms. The Morgan fingerprint density at radius 3 is 2.47 bits per heavy atom. The third kappa shape index (κ3) is 9.01. The van der Waals surface area contributed by atoms with Crippen molar-refractivity contribution in [1.29, 1.82) is 0 Å². The molecule has 7 rings (SSSR count). The molecule has 0 unspecified atom stereocenters. The van der Waals surface area contributed by atoms with E-state index in [0.29, 0.717) is 45.0 Å². The van der Waals surface area contributed by atoms with Crippen LogP contribution in [0.2, 0.25) is 0 Å². The number of allylic oxidation sites excluding steroid dienone is 1. The van der Waals surface area contributed by atoms with E-state index < -0.39 is 80.5 Å². The number of alkyl halides is 1. The number of pyridine rings is 1. The standard InChI is InChI=1S/C42H57FN6O9S/c1-26-10-6-7-11-28-22-42(28,38(52)47-59(54,55)41(25-43)14-15-41)46-35(50)32-21-29(24-49(32)37(51)34(27(2)20-26)45-39(53)58-40(3,4)5)57-36-31-13-9-8-12-30(31)33(23-44-36)48-16-18-56-19-17-48/h7-9,11-13,23,26-29,32,34H,6,10,14-22,24-25H2,1-5H3,(H,45,53)(H,46,50)(H,47,52)/b11-7-/t26-,27-,28-,29-,32+,34+,42-/m1/s1. The largest absolute Gasteiger partial charge is 0.472 e. The van der Waals surface area contributed by atoms with Gasteiger partial charge in [-0.1, -0.05) is 44.2 Å². The van der Waals surface area contributed by atoms with Crippen LogP contribution < -0.4 is 25.0 Å². The van der Waals surface area contributed by atoms with Gasteiger partial charge in [0.2, 0.25) is 27.7 Å². The fourth-order valence-electron chi connectivity index (χ4n) is 8.65. The number of ether oxygens (including phenoxy) is 3. The van der Waals surface area contributed by atoms with E-state index >= 15 is 0 Å². The first-order valence-corrected chi connectivity index (χ1v) is 22.2. The monoisotopic (exact) mass is 840 g/mol. The lowest BCUT2D eigenvalue weighted by Gasteiger charge is -2.33. The smallest absolute Gasteiger partial charge is 0.408 e. The van der Waals surface area contributed by atoms with Gasteiger partial charge in [0.25, 0.3) is 5.91 Å². The number of nitrogens with zero attached hydrogens (tertiary/aromatic N) is 3. The Morgan fingerprint density at radius 2 is 1.80 bits per heavy atom. The molecule has 2 aromatic rings. The summed E-state index contributed by atoms with van der Waals surface area (Å²) in [7, 11) is -4.39. The Bertz CT molecular complexity index is 2080. The maximum Gasteiger partial charge on any atom is 0.408 e. The van der Waals surface area contributed by atoms with Gasteiger partial charge in [0, 0.05) is 36.2 Å². The number of sulfonamides is 1. The van der Waals surface area contributed by atoms with Crippen molar-refractivity contribution in [2.45, 2.75) is 114 Å². The molecule has 4 amide bonds. The number of amides is 4. The number of rotatable bonds is 8. The van der Waals surface area contributed by atoms with E-state index in [-0.39, 0.29) is 44.1 Å². The first-order chi connectivity index (χ1) is 28.0. The Balaban J connectivity index is 1.22. The summed E-state index contributed by atoms with van der Waals surface area (Å²) in [5, 5.41) is 7.33. The number of alkyl carbamates (subject to hydrolysis) is 1. The molecule has 4 fully saturated rings. The number of carbonyl (C=O) groups is 4. The Morgan fingerprint density at radius 1 is 1.08 bits per heavy atom. The number of hydrogen-bond donors (Lipinski definition) is 3. The lowest BCUT2D eigenvalue weighted by molar-refractivity contribution is -0.142. The average Bonchev–Trinajstić information content (AvgIpc) is 4.09. The first-order valence-electron chi connectivity index (χ1n) is 20.7. The van der Waals surface area contributed by atoms with Crippen LogP contribution in [0.25, 0.3) is 10.8 Å². The molecule has 0 bridgehead atoms. The summed E-state index contributed by atoms with van der Waals surface area (Å²) in [6, 6.07) is 5.45. The van der Waals surface area contributed by atoms with Crippen LogP contribution in [0.5, 0.6) is 5.88 Å². The fraction of sp³-hybridized carbons (Fsp3) is 0.643. The number of anilines is 1. The molecule has 322 valence electrons. The van der Waals surface area contributed by atoms with Gasteiger partial charge in [-0.15, -0.1) is 0 Å². The lowest BCUT2D eigenvalue weighted by Crippen LogP contribution is -2.59. The van der Waals surface area contributed by atoms with Crippen molar-refractivity contribution in [3.8, 4) is 5.88 Å². The zero-order valence-electron chi connectivity index (χ0n) is 34.5. The average molecular weight is 841 g/mol. The van der Waals surface area contributed by atoms with Gasteiger partial charge in [0.1, 0.15) is 40.7 Å². The van der Waals surface area contributed by atoms with Crippen molar-refractivity contribution in [3.63, 3.8) is 0 Å². The van der Waals surface area contributed by atoms with Crippen molar-refractivity contribution >= 4 is 50.3 Å². The summed E-state index contributed by atoms with van der Waals surface area (Å²) >= 11 is 0. The normalized spacial score (nSPS) is 30.5. The molecule has 2 aliphatic carbocycles. The van der Waals surface area contributed by atoms with Gasteiger partial charge < -0.3 is 34.6 Å². The molecule has 5 aliphatic rings. The van der Waals surface area contributed by atoms with Crippen LogP contribution in [0.3, 0.4) is 0 Å². The minimum Gasteiger partial charge on any atom is -0.472 e. The van der Waals surface area contributed by atoms with Gasteiger partial charge in [0.15, 0.2) is 0 Å². The van der Waals surface area contributed by atoms with Crippen LogP contribution in [0.1, 0.15) is 79.6 Å². The number of carbonyl (C=O) groups excluding carboxylic acids is 4. The van der Waals surface area contributed by atoms with Crippen LogP contribution >= 0.6 is 0 Å². The number of benzene rings is 1. The SMILES string of the molecule is C[C@@H]1CC/C=C\[C@@H]2C[C@@]2(C(=O)NS(=O)(=O)C2(CF)CC2)NC(=O)[C@@H]2C[C@@H](Oc3ncc(N4CCOCC4)c4ccccc34)CN2C(=O)[C@@H](NC(=O)OC(C)(C)C)[C@H](C)C1. The second kappa shape index (κ2) is 16.5. The molecule has 15 nitrogen and oxygen atoms in total. The minimum atomic E-state index is -4.39. The van der Waals surface area contributed by atoms with Gasteiger partial charge in [0.05, 0.1) is 31.6 Å². The van der Waals surface area contributed by atoms with Crippen molar-refractivity contribution in [2.75, 3.05) is 44.4 Å². The van der Waals surface area contributed by atoms with Crippen LogP contribution in [-0.2, 0) is 33.9 Å². The summed E-state index contributed by atoms with van der Waals surface area (Å²) in [5.41, 5.74) is -1.56. The summed E-state index contributed by atoms with van der Waals surface area (Å²) in [5.74, 6) is -2.64. The zero-order valence-corrected chi connectivity index (χ0v) is 35.3. The Kier molecular flexibility index (Phi) is 11.9. The second-order valence-corrected chi connectivity index (χ2v) is 20.1. The molecule has 2 saturated heterocycles. The highest BCUT2D eigenvalue weighted by Gasteiger charge is 2.64. The highest BCUT2D eigenvalue weighted by molar-refractivity contribution is 7.91. The zero-order chi connectivity index (χ0) is 42.3. The molecule has 7 atom stereocenters. The van der Waals surface area contributed by atoms with E-state index in [2.05, 4.69) is 27.2 Å². The number of nitrogens with one attached hydrogen (secondary N) is 3. The van der Waals surface area contributed by atoms with Crippen LogP contribution in [0.15, 0.2) is 42.6 Å². The van der Waals surface area contributed by atoms with E-state index in [1.165, 1.54) is 4.90 Å². The predicted molar refractivity (Wildman–Crippen MR) is 218 cm³/mol. The predicted octanol–water partition coefficient (Wildman–Crippen LogP) is 4.15. The number of aromatic nitrogens is 1. The third-order valence-corrected chi connectivity index (χ3v) is 14.4. The van der Waals surface area contributed by atoms with E-state index in [4.69, 9.17) is 19.2 Å². The van der Waals surface area contributed by atoms with E-state index in [1.54, 1.807) is 27.0 Å². The molecule has 0 radical (unpaired) electrons. The third-order valence-electron chi connectivity index (χ3n) is 12.3. The molecule has 2 saturated carbocycles. The van der Waals surface area contributed by atoms with Crippen molar-refractivity contribution in [3.05, 3.63) is 42.6 Å². The van der Waals surface area contributed by atoms with E-state index in [9.17, 15) is 32.0 Å². The van der Waals surface area contributed by atoms with Gasteiger partial charge in [-0.25, -0.2) is 22.6 Å². The summed E-state index contributed by atoms with van der Waals surface area (Å²) in [4.78, 5) is 65.1. The molecule has 17 heteroatoms. The molecule has 4 heterocycles. The Labute approximate surface area is 345 Å². The first kappa shape index (κ1) is 42.6. The fourth-order valence-corrected chi connectivity index (χ4v) is 10.1. The van der Waals surface area contributed by atoms with Gasteiger partial charge >= 0.3 is 6.09 Å². The molecule has 3 aliphatic heterocycles. The molecule has 1 aromatic carbocycles. The minimum absolute atomic E-state index is 0.00417. The van der Waals surface area contributed by atoms with Crippen LogP contribution in [-0.4, -0.2) is 116 Å². The molecular formula is C42H57FN6O9S. The van der Waals surface area contributed by atoms with Crippen molar-refractivity contribution in [2.24, 2.45) is 17.8 Å². The van der Waals surface area contributed by atoms with Gasteiger partial charge in [-0.2, -0.15) is 0 Å². The van der Waals surface area contributed by atoms with Crippen molar-refractivity contribution < 1.29 is 46.2 Å². The number of morpholine rings is 1. The van der Waals surface area contributed by atoms with Gasteiger partial charge in [-0.3, -0.25) is 19.1 Å². The van der Waals surface area contributed by atoms with E-state index in [0.717, 1.165) is 22.9 Å². The summed E-state index contributed by atoms with van der Waals surface area (Å²) < 4.78 is 58.5. The molecule has 3 N–H and O–H groups in total. The molecule has 59 heavy (non-hydrogen) atoms.